The molecule has 2 aromatic carbocycles. The van der Waals surface area contributed by atoms with Gasteiger partial charge >= 0.3 is 0 Å². The fourth-order valence-electron chi connectivity index (χ4n) is 2.96. The molecule has 2 N–H and O–H groups in total. The van der Waals surface area contributed by atoms with E-state index < -0.39 is 10.0 Å². The van der Waals surface area contributed by atoms with E-state index in [4.69, 9.17) is 9.47 Å². The lowest BCUT2D eigenvalue weighted by Gasteiger charge is -2.10. The monoisotopic (exact) mass is 428 g/mol. The van der Waals surface area contributed by atoms with Crippen LogP contribution in [0.3, 0.4) is 0 Å². The van der Waals surface area contributed by atoms with Crippen molar-refractivity contribution in [3.05, 3.63) is 66.7 Å². The van der Waals surface area contributed by atoms with Crippen molar-refractivity contribution >= 4 is 21.6 Å². The maximum Gasteiger partial charge on any atom is 0.261 e. The van der Waals surface area contributed by atoms with E-state index >= 15 is 0 Å². The van der Waals surface area contributed by atoms with E-state index in [2.05, 4.69) is 15.0 Å². The highest BCUT2D eigenvalue weighted by Crippen LogP contribution is 2.34. The van der Waals surface area contributed by atoms with Gasteiger partial charge in [0.15, 0.2) is 11.5 Å². The summed E-state index contributed by atoms with van der Waals surface area (Å²) in [5.74, 6) is 0.699. The molecule has 10 heteroatoms. The van der Waals surface area contributed by atoms with Crippen molar-refractivity contribution in [3.63, 3.8) is 0 Å². The second kappa shape index (κ2) is 8.46. The maximum absolute atomic E-state index is 12.7. The van der Waals surface area contributed by atoms with E-state index in [1.807, 2.05) is 10.8 Å². The molecule has 2 heterocycles. The van der Waals surface area contributed by atoms with E-state index in [9.17, 15) is 13.2 Å². The van der Waals surface area contributed by atoms with Crippen molar-refractivity contribution in [2.45, 2.75) is 17.9 Å². The Morgan fingerprint density at radius 2 is 2.00 bits per heavy atom. The number of carbonyl (C=O) groups is 1. The van der Waals surface area contributed by atoms with Crippen molar-refractivity contribution < 1.29 is 22.7 Å². The Kier molecular flexibility index (Phi) is 5.57. The number of nitrogens with one attached hydrogen (secondary N) is 2. The molecule has 9 nitrogen and oxygen atoms in total. The van der Waals surface area contributed by atoms with Crippen LogP contribution in [0.15, 0.2) is 66.1 Å². The molecule has 4 rings (SSSR count). The SMILES string of the molecule is O=C(NCCCn1ccnc1)c1cccc(S(=O)(=O)Nc2ccc3c(c2)OCO3)c1. The third-order valence-corrected chi connectivity index (χ3v) is 5.85. The number of amides is 1. The van der Waals surface area contributed by atoms with Gasteiger partial charge in [0.2, 0.25) is 6.79 Å². The molecule has 0 unspecified atom stereocenters. The summed E-state index contributed by atoms with van der Waals surface area (Å²) in [6.45, 7) is 1.29. The van der Waals surface area contributed by atoms with Crippen LogP contribution in [-0.2, 0) is 16.6 Å². The summed E-state index contributed by atoms with van der Waals surface area (Å²) >= 11 is 0. The predicted octanol–water partition coefficient (Wildman–Crippen LogP) is 2.23. The number of aromatic nitrogens is 2. The number of ether oxygens (including phenoxy) is 2. The van der Waals surface area contributed by atoms with Gasteiger partial charge in [-0.05, 0) is 36.8 Å². The summed E-state index contributed by atoms with van der Waals surface area (Å²) < 4.78 is 40.4. The third-order valence-electron chi connectivity index (χ3n) is 4.47. The van der Waals surface area contributed by atoms with Crippen LogP contribution < -0.4 is 19.5 Å². The quantitative estimate of drug-likeness (QED) is 0.532. The number of aryl methyl sites for hydroxylation is 1. The molecular formula is C20H20N4O5S. The minimum atomic E-state index is -3.88. The highest BCUT2D eigenvalue weighted by Gasteiger charge is 2.19. The van der Waals surface area contributed by atoms with Crippen LogP contribution in [-0.4, -0.2) is 37.2 Å². The molecule has 0 fully saturated rings. The number of sulfonamides is 1. The van der Waals surface area contributed by atoms with Gasteiger partial charge in [0.05, 0.1) is 16.9 Å². The summed E-state index contributed by atoms with van der Waals surface area (Å²) in [7, 11) is -3.88. The molecule has 1 aliphatic heterocycles. The lowest BCUT2D eigenvalue weighted by atomic mass is 10.2. The molecule has 30 heavy (non-hydrogen) atoms. The van der Waals surface area contributed by atoms with Gasteiger partial charge in [0.25, 0.3) is 15.9 Å². The number of rotatable bonds is 8. The number of benzene rings is 2. The first kappa shape index (κ1) is 19.8. The molecule has 1 aromatic heterocycles. The number of hydrogen-bond acceptors (Lipinski definition) is 6. The van der Waals surface area contributed by atoms with Crippen LogP contribution in [0.25, 0.3) is 0 Å². The van der Waals surface area contributed by atoms with E-state index in [1.165, 1.54) is 18.2 Å². The summed E-state index contributed by atoms with van der Waals surface area (Å²) in [6, 6.07) is 10.7. The van der Waals surface area contributed by atoms with Crippen LogP contribution in [0.2, 0.25) is 0 Å². The normalized spacial score (nSPS) is 12.5. The molecular weight excluding hydrogens is 408 g/mol. The van der Waals surface area contributed by atoms with Gasteiger partial charge in [0.1, 0.15) is 0 Å². The van der Waals surface area contributed by atoms with Crippen LogP contribution >= 0.6 is 0 Å². The number of fused-ring (bicyclic) bond motifs is 1. The van der Waals surface area contributed by atoms with E-state index in [1.54, 1.807) is 36.8 Å². The van der Waals surface area contributed by atoms with Gasteiger partial charge in [-0.15, -0.1) is 0 Å². The maximum atomic E-state index is 12.7. The first-order valence-corrected chi connectivity index (χ1v) is 10.8. The Bertz CT molecular complexity index is 1150. The molecule has 0 radical (unpaired) electrons. The van der Waals surface area contributed by atoms with E-state index in [0.29, 0.717) is 23.7 Å². The molecule has 0 spiro atoms. The van der Waals surface area contributed by atoms with Crippen molar-refractivity contribution in [1.82, 2.24) is 14.9 Å². The second-order valence-electron chi connectivity index (χ2n) is 6.61. The number of imidazole rings is 1. The van der Waals surface area contributed by atoms with Gasteiger partial charge in [-0.2, -0.15) is 0 Å². The fraction of sp³-hybridized carbons (Fsp3) is 0.200. The highest BCUT2D eigenvalue weighted by atomic mass is 32.2. The van der Waals surface area contributed by atoms with Crippen LogP contribution in [0.4, 0.5) is 5.69 Å². The molecule has 0 bridgehead atoms. The predicted molar refractivity (Wildman–Crippen MR) is 109 cm³/mol. The zero-order valence-corrected chi connectivity index (χ0v) is 16.8. The summed E-state index contributed by atoms with van der Waals surface area (Å²) in [4.78, 5) is 16.4. The lowest BCUT2D eigenvalue weighted by molar-refractivity contribution is 0.0952. The van der Waals surface area contributed by atoms with E-state index in [0.717, 1.165) is 13.0 Å². The minimum absolute atomic E-state index is 0.00812. The van der Waals surface area contributed by atoms with Crippen LogP contribution in [0.1, 0.15) is 16.8 Å². The summed E-state index contributed by atoms with van der Waals surface area (Å²) in [6.07, 6.45) is 5.99. The van der Waals surface area contributed by atoms with Gasteiger partial charge in [-0.1, -0.05) is 6.07 Å². The number of hydrogen-bond donors (Lipinski definition) is 2. The Labute approximate surface area is 173 Å². The first-order chi connectivity index (χ1) is 14.5. The molecule has 1 aliphatic rings. The van der Waals surface area contributed by atoms with Gasteiger partial charge in [-0.3, -0.25) is 9.52 Å². The summed E-state index contributed by atoms with van der Waals surface area (Å²) in [5.41, 5.74) is 0.611. The summed E-state index contributed by atoms with van der Waals surface area (Å²) in [5, 5.41) is 2.80. The molecule has 0 saturated heterocycles. The molecule has 0 atom stereocenters. The average Bonchev–Trinajstić information content (AvgIpc) is 3.42. The molecule has 0 saturated carbocycles. The zero-order valence-electron chi connectivity index (χ0n) is 15.9. The topological polar surface area (TPSA) is 112 Å². The Hall–Kier alpha value is -3.53. The van der Waals surface area contributed by atoms with Crippen LogP contribution in [0.5, 0.6) is 11.5 Å². The Balaban J connectivity index is 1.39. The number of nitrogens with zero attached hydrogens (tertiary/aromatic N) is 2. The standard InChI is InChI=1S/C20H20N4O5S/c25-20(22-7-2-9-24-10-8-21-13-24)15-3-1-4-17(11-15)30(26,27)23-16-5-6-18-19(12-16)29-14-28-18/h1,3-6,8,10-13,23H,2,7,9,14H2,(H,22,25). The number of anilines is 1. The average molecular weight is 428 g/mol. The van der Waals surface area contributed by atoms with Crippen molar-refractivity contribution in [2.24, 2.45) is 0 Å². The van der Waals surface area contributed by atoms with Crippen molar-refractivity contribution in [3.8, 4) is 11.5 Å². The largest absolute Gasteiger partial charge is 0.454 e. The fourth-order valence-corrected chi connectivity index (χ4v) is 4.06. The smallest absolute Gasteiger partial charge is 0.261 e. The molecule has 3 aromatic rings. The lowest BCUT2D eigenvalue weighted by Crippen LogP contribution is -2.25. The van der Waals surface area contributed by atoms with E-state index in [-0.39, 0.29) is 23.2 Å². The highest BCUT2D eigenvalue weighted by molar-refractivity contribution is 7.92. The zero-order chi connectivity index (χ0) is 21.0. The molecule has 1 amide bonds. The van der Waals surface area contributed by atoms with Gasteiger partial charge in [-0.25, -0.2) is 13.4 Å². The second-order valence-corrected chi connectivity index (χ2v) is 8.29. The molecule has 0 aliphatic carbocycles. The molecule has 156 valence electrons. The van der Waals surface area contributed by atoms with Crippen LogP contribution in [0, 0.1) is 0 Å². The Morgan fingerprint density at radius 1 is 1.13 bits per heavy atom. The van der Waals surface area contributed by atoms with Crippen molar-refractivity contribution in [2.75, 3.05) is 18.1 Å². The first-order valence-electron chi connectivity index (χ1n) is 9.28. The Morgan fingerprint density at radius 3 is 2.83 bits per heavy atom. The van der Waals surface area contributed by atoms with Gasteiger partial charge in [0, 0.05) is 37.1 Å². The number of carbonyl (C=O) groups excluding carboxylic acids is 1. The van der Waals surface area contributed by atoms with Crippen molar-refractivity contribution in [1.29, 1.82) is 0 Å². The van der Waals surface area contributed by atoms with Gasteiger partial charge < -0.3 is 19.4 Å². The minimum Gasteiger partial charge on any atom is -0.454 e. The third kappa shape index (κ3) is 4.54.